The van der Waals surface area contributed by atoms with Gasteiger partial charge in [-0.3, -0.25) is 4.79 Å². The number of ether oxygens (including phenoxy) is 2. The normalized spacial score (nSPS) is 10.6. The largest absolute Gasteiger partial charge is 0.497 e. The second-order valence-electron chi connectivity index (χ2n) is 6.45. The highest BCUT2D eigenvalue weighted by atomic mass is 79.9. The van der Waals surface area contributed by atoms with E-state index in [1.807, 2.05) is 48.5 Å². The molecular weight excluding hydrogens is 446 g/mol. The number of methoxy groups -OCH3 is 2. The van der Waals surface area contributed by atoms with Gasteiger partial charge in [0.25, 0.3) is 5.91 Å². The first-order valence-corrected chi connectivity index (χ1v) is 9.93. The number of pyridine rings is 2. The van der Waals surface area contributed by atoms with Crippen LogP contribution in [0.3, 0.4) is 0 Å². The zero-order chi connectivity index (χ0) is 21.1. The van der Waals surface area contributed by atoms with Crippen molar-refractivity contribution in [1.82, 2.24) is 9.97 Å². The van der Waals surface area contributed by atoms with E-state index in [1.165, 1.54) is 0 Å². The van der Waals surface area contributed by atoms with Crippen LogP contribution in [0, 0.1) is 0 Å². The molecule has 0 radical (unpaired) electrons. The summed E-state index contributed by atoms with van der Waals surface area (Å²) in [4.78, 5) is 22.1. The summed E-state index contributed by atoms with van der Waals surface area (Å²) in [5, 5.41) is 3.60. The molecule has 2 heterocycles. The molecule has 2 aromatic carbocycles. The Morgan fingerprint density at radius 1 is 1.00 bits per heavy atom. The third-order valence-electron chi connectivity index (χ3n) is 4.61. The molecule has 0 saturated carbocycles. The Balaban J connectivity index is 1.84. The van der Waals surface area contributed by atoms with Gasteiger partial charge in [-0.2, -0.15) is 0 Å². The number of carbonyl (C=O) groups is 1. The Labute approximate surface area is 182 Å². The van der Waals surface area contributed by atoms with E-state index in [9.17, 15) is 4.79 Å². The van der Waals surface area contributed by atoms with Crippen LogP contribution in [0.25, 0.3) is 22.2 Å². The minimum Gasteiger partial charge on any atom is -0.497 e. The van der Waals surface area contributed by atoms with Gasteiger partial charge in [0.2, 0.25) is 0 Å². The lowest BCUT2D eigenvalue weighted by Gasteiger charge is -2.13. The second kappa shape index (κ2) is 8.51. The summed E-state index contributed by atoms with van der Waals surface area (Å²) in [6.45, 7) is 0. The van der Waals surface area contributed by atoms with Crippen molar-refractivity contribution in [1.29, 1.82) is 0 Å². The molecule has 0 aliphatic carbocycles. The molecule has 0 unspecified atom stereocenters. The molecule has 0 aliphatic rings. The smallest absolute Gasteiger partial charge is 0.257 e. The zero-order valence-electron chi connectivity index (χ0n) is 16.3. The molecule has 0 fully saturated rings. The minimum absolute atomic E-state index is 0.272. The number of para-hydroxylation sites is 1. The third kappa shape index (κ3) is 3.97. The van der Waals surface area contributed by atoms with Crippen molar-refractivity contribution in [3.63, 3.8) is 0 Å². The molecule has 2 aromatic heterocycles. The summed E-state index contributed by atoms with van der Waals surface area (Å²) in [6.07, 6.45) is 1.63. The van der Waals surface area contributed by atoms with Gasteiger partial charge in [-0.15, -0.1) is 0 Å². The van der Waals surface area contributed by atoms with Gasteiger partial charge in [-0.05, 0) is 58.4 Å². The standard InChI is InChI=1S/C23H18BrN3O3/c1-29-15-8-9-21(30-2)18(11-15)20-12-17(16-5-3-4-6-19(16)26-20)23(28)27-22-10-7-14(24)13-25-22/h3-13H,1-2H3,(H,25,27,28). The quantitative estimate of drug-likeness (QED) is 0.432. The molecular formula is C23H18BrN3O3. The average molecular weight is 464 g/mol. The number of aromatic nitrogens is 2. The van der Waals surface area contributed by atoms with Crippen LogP contribution in [0.4, 0.5) is 5.82 Å². The highest BCUT2D eigenvalue weighted by molar-refractivity contribution is 9.10. The fourth-order valence-corrected chi connectivity index (χ4v) is 3.38. The van der Waals surface area contributed by atoms with Gasteiger partial charge in [0.1, 0.15) is 17.3 Å². The van der Waals surface area contributed by atoms with Crippen LogP contribution in [0.2, 0.25) is 0 Å². The van der Waals surface area contributed by atoms with E-state index in [0.29, 0.717) is 34.1 Å². The molecule has 30 heavy (non-hydrogen) atoms. The maximum absolute atomic E-state index is 13.1. The van der Waals surface area contributed by atoms with E-state index < -0.39 is 0 Å². The van der Waals surface area contributed by atoms with Crippen LogP contribution in [-0.2, 0) is 0 Å². The SMILES string of the molecule is COc1ccc(OC)c(-c2cc(C(=O)Nc3ccc(Br)cn3)c3ccccc3n2)c1. The molecule has 0 saturated heterocycles. The van der Waals surface area contributed by atoms with Crippen molar-refractivity contribution < 1.29 is 14.3 Å². The first-order chi connectivity index (χ1) is 14.6. The molecule has 4 aromatic rings. The fraction of sp³-hybridized carbons (Fsp3) is 0.0870. The van der Waals surface area contributed by atoms with Crippen LogP contribution in [0.5, 0.6) is 11.5 Å². The first kappa shape index (κ1) is 19.8. The number of nitrogens with zero attached hydrogens (tertiary/aromatic N) is 2. The van der Waals surface area contributed by atoms with Crippen LogP contribution < -0.4 is 14.8 Å². The number of nitrogens with one attached hydrogen (secondary N) is 1. The van der Waals surface area contributed by atoms with Crippen molar-refractivity contribution in [2.75, 3.05) is 19.5 Å². The predicted octanol–water partition coefficient (Wildman–Crippen LogP) is 5.33. The summed E-state index contributed by atoms with van der Waals surface area (Å²) in [5.74, 6) is 1.50. The van der Waals surface area contributed by atoms with Crippen molar-refractivity contribution in [3.05, 3.63) is 76.9 Å². The van der Waals surface area contributed by atoms with E-state index in [-0.39, 0.29) is 5.91 Å². The predicted molar refractivity (Wildman–Crippen MR) is 120 cm³/mol. The van der Waals surface area contributed by atoms with Gasteiger partial charge in [0.15, 0.2) is 0 Å². The van der Waals surface area contributed by atoms with Gasteiger partial charge < -0.3 is 14.8 Å². The lowest BCUT2D eigenvalue weighted by atomic mass is 10.0. The van der Waals surface area contributed by atoms with Gasteiger partial charge in [0.05, 0.1) is 31.0 Å². The van der Waals surface area contributed by atoms with Crippen LogP contribution in [0.15, 0.2) is 71.3 Å². The molecule has 0 bridgehead atoms. The molecule has 0 aliphatic heterocycles. The minimum atomic E-state index is -0.272. The summed E-state index contributed by atoms with van der Waals surface area (Å²) >= 11 is 3.34. The maximum Gasteiger partial charge on any atom is 0.257 e. The van der Waals surface area contributed by atoms with Gasteiger partial charge >= 0.3 is 0 Å². The Hall–Kier alpha value is -3.45. The number of amides is 1. The van der Waals surface area contributed by atoms with Crippen LogP contribution in [0.1, 0.15) is 10.4 Å². The number of anilines is 1. The van der Waals surface area contributed by atoms with Crippen LogP contribution in [-0.4, -0.2) is 30.1 Å². The number of fused-ring (bicyclic) bond motifs is 1. The number of benzene rings is 2. The Bertz CT molecular complexity index is 1230. The number of carbonyl (C=O) groups excluding carboxylic acids is 1. The highest BCUT2D eigenvalue weighted by Crippen LogP contribution is 2.34. The average Bonchev–Trinajstić information content (AvgIpc) is 2.79. The molecule has 1 N–H and O–H groups in total. The van der Waals surface area contributed by atoms with E-state index in [1.54, 1.807) is 32.5 Å². The monoisotopic (exact) mass is 463 g/mol. The molecule has 0 atom stereocenters. The van der Waals surface area contributed by atoms with E-state index in [4.69, 9.17) is 14.5 Å². The Morgan fingerprint density at radius 3 is 2.57 bits per heavy atom. The van der Waals surface area contributed by atoms with Crippen molar-refractivity contribution in [2.24, 2.45) is 0 Å². The van der Waals surface area contributed by atoms with Gasteiger partial charge in [0, 0.05) is 21.6 Å². The number of halogens is 1. The second-order valence-corrected chi connectivity index (χ2v) is 7.37. The third-order valence-corrected chi connectivity index (χ3v) is 5.08. The summed E-state index contributed by atoms with van der Waals surface area (Å²) < 4.78 is 11.7. The Kier molecular flexibility index (Phi) is 5.63. The number of rotatable bonds is 5. The number of hydrogen-bond acceptors (Lipinski definition) is 5. The van der Waals surface area contributed by atoms with E-state index in [2.05, 4.69) is 26.2 Å². The molecule has 150 valence electrons. The highest BCUT2D eigenvalue weighted by Gasteiger charge is 2.17. The van der Waals surface area contributed by atoms with E-state index in [0.717, 1.165) is 15.4 Å². The molecule has 0 spiro atoms. The summed E-state index contributed by atoms with van der Waals surface area (Å²) in [7, 11) is 3.20. The van der Waals surface area contributed by atoms with Crippen molar-refractivity contribution in [2.45, 2.75) is 0 Å². The van der Waals surface area contributed by atoms with Crippen LogP contribution >= 0.6 is 15.9 Å². The maximum atomic E-state index is 13.1. The molecule has 7 heteroatoms. The van der Waals surface area contributed by atoms with E-state index >= 15 is 0 Å². The molecule has 6 nitrogen and oxygen atoms in total. The molecule has 1 amide bonds. The lowest BCUT2D eigenvalue weighted by molar-refractivity contribution is 0.102. The molecule has 4 rings (SSSR count). The van der Waals surface area contributed by atoms with Gasteiger partial charge in [-0.1, -0.05) is 18.2 Å². The fourth-order valence-electron chi connectivity index (χ4n) is 3.15. The first-order valence-electron chi connectivity index (χ1n) is 9.14. The van der Waals surface area contributed by atoms with Gasteiger partial charge in [-0.25, -0.2) is 9.97 Å². The zero-order valence-corrected chi connectivity index (χ0v) is 17.9. The Morgan fingerprint density at radius 2 is 1.83 bits per heavy atom. The summed E-state index contributed by atoms with van der Waals surface area (Å²) in [5.41, 5.74) is 2.54. The van der Waals surface area contributed by atoms with Crippen molar-refractivity contribution >= 4 is 38.6 Å². The topological polar surface area (TPSA) is 73.3 Å². The van der Waals surface area contributed by atoms with Crippen molar-refractivity contribution in [3.8, 4) is 22.8 Å². The number of hydrogen-bond donors (Lipinski definition) is 1. The lowest BCUT2D eigenvalue weighted by Crippen LogP contribution is -2.14. The summed E-state index contributed by atoms with van der Waals surface area (Å²) in [6, 6.07) is 18.3.